The lowest BCUT2D eigenvalue weighted by Gasteiger charge is -2.13. The zero-order valence-electron chi connectivity index (χ0n) is 14.7. The van der Waals surface area contributed by atoms with Crippen molar-refractivity contribution in [2.75, 3.05) is 18.9 Å². The molecule has 5 N–H and O–H groups in total. The topological polar surface area (TPSA) is 119 Å². The molecule has 0 aliphatic rings. The van der Waals surface area contributed by atoms with Gasteiger partial charge in [-0.15, -0.1) is 0 Å². The summed E-state index contributed by atoms with van der Waals surface area (Å²) in [4.78, 5) is 0.0828. The Morgan fingerprint density at radius 1 is 1.04 bits per heavy atom. The molecule has 0 saturated heterocycles. The number of nitrogens with one attached hydrogen (secondary N) is 1. The van der Waals surface area contributed by atoms with Crippen LogP contribution in [0.1, 0.15) is 12.0 Å². The molecule has 0 heterocycles. The predicted molar refractivity (Wildman–Crippen MR) is 108 cm³/mol. The quantitative estimate of drug-likeness (QED) is 0.262. The normalized spacial score (nSPS) is 11.4. The van der Waals surface area contributed by atoms with E-state index in [9.17, 15) is 8.42 Å². The molecule has 3 aromatic carbocycles. The van der Waals surface area contributed by atoms with E-state index >= 15 is 0 Å². The maximum atomic E-state index is 13.1. The lowest BCUT2D eigenvalue weighted by Crippen LogP contribution is -2.17. The Bertz CT molecular complexity index is 1090. The van der Waals surface area contributed by atoms with Gasteiger partial charge in [-0.2, -0.15) is 0 Å². The maximum absolute atomic E-state index is 13.1. The van der Waals surface area contributed by atoms with Gasteiger partial charge in [-0.1, -0.05) is 36.4 Å². The third-order valence-corrected chi connectivity index (χ3v) is 5.89. The first kappa shape index (κ1) is 18.9. The SMILES string of the molecule is N=C(c1cc(OCCCN)ccc1N)S(=O)(=O)c1cccc2ccccc12. The first-order valence-corrected chi connectivity index (χ1v) is 9.97. The summed E-state index contributed by atoms with van der Waals surface area (Å²) in [5.74, 6) is 0.450. The summed E-state index contributed by atoms with van der Waals surface area (Å²) >= 11 is 0. The van der Waals surface area contributed by atoms with Crippen LogP contribution in [0.2, 0.25) is 0 Å². The number of fused-ring (bicyclic) bond motifs is 1. The Labute approximate surface area is 158 Å². The summed E-state index contributed by atoms with van der Waals surface area (Å²) in [6, 6.07) is 16.8. The van der Waals surface area contributed by atoms with Crippen LogP contribution in [0.3, 0.4) is 0 Å². The zero-order chi connectivity index (χ0) is 19.4. The maximum Gasteiger partial charge on any atom is 0.224 e. The molecule has 0 aliphatic heterocycles. The molecule has 6 nitrogen and oxygen atoms in total. The van der Waals surface area contributed by atoms with Gasteiger partial charge in [0.05, 0.1) is 11.5 Å². The van der Waals surface area contributed by atoms with E-state index < -0.39 is 14.9 Å². The molecule has 0 amide bonds. The van der Waals surface area contributed by atoms with Gasteiger partial charge in [0.1, 0.15) is 5.75 Å². The van der Waals surface area contributed by atoms with Crippen molar-refractivity contribution in [2.45, 2.75) is 11.3 Å². The molecule has 140 valence electrons. The highest BCUT2D eigenvalue weighted by atomic mass is 32.2. The third kappa shape index (κ3) is 3.79. The number of anilines is 1. The molecule has 0 spiro atoms. The van der Waals surface area contributed by atoms with Crippen LogP contribution in [0.15, 0.2) is 65.6 Å². The molecule has 7 heteroatoms. The van der Waals surface area contributed by atoms with Crippen LogP contribution >= 0.6 is 0 Å². The van der Waals surface area contributed by atoms with Crippen molar-refractivity contribution in [2.24, 2.45) is 5.73 Å². The lowest BCUT2D eigenvalue weighted by atomic mass is 10.1. The van der Waals surface area contributed by atoms with Gasteiger partial charge in [-0.05, 0) is 42.6 Å². The van der Waals surface area contributed by atoms with Crippen molar-refractivity contribution in [3.8, 4) is 5.75 Å². The highest BCUT2D eigenvalue weighted by Gasteiger charge is 2.26. The molecule has 0 bridgehead atoms. The van der Waals surface area contributed by atoms with Crippen molar-refractivity contribution >= 4 is 31.3 Å². The summed E-state index contributed by atoms with van der Waals surface area (Å²) in [7, 11) is -4.06. The molecule has 0 saturated carbocycles. The molecule has 0 fully saturated rings. The van der Waals surface area contributed by atoms with Crippen molar-refractivity contribution in [1.82, 2.24) is 0 Å². The predicted octanol–water partition coefficient (Wildman–Crippen LogP) is 2.95. The van der Waals surface area contributed by atoms with Gasteiger partial charge in [-0.25, -0.2) is 8.42 Å². The minimum Gasteiger partial charge on any atom is -0.494 e. The summed E-state index contributed by atoms with van der Waals surface area (Å²) in [5, 5.41) is 9.16. The van der Waals surface area contributed by atoms with E-state index in [1.165, 1.54) is 12.1 Å². The second-order valence-corrected chi connectivity index (χ2v) is 7.90. The molecular formula is C20H21N3O3S. The number of benzene rings is 3. The molecular weight excluding hydrogens is 362 g/mol. The zero-order valence-corrected chi connectivity index (χ0v) is 15.5. The van der Waals surface area contributed by atoms with Crippen molar-refractivity contribution in [3.05, 3.63) is 66.2 Å². The van der Waals surface area contributed by atoms with Crippen molar-refractivity contribution in [1.29, 1.82) is 5.41 Å². The highest BCUT2D eigenvalue weighted by Crippen LogP contribution is 2.28. The monoisotopic (exact) mass is 383 g/mol. The van der Waals surface area contributed by atoms with E-state index in [0.29, 0.717) is 30.7 Å². The Kier molecular flexibility index (Phi) is 5.43. The summed E-state index contributed by atoms with van der Waals surface area (Å²) in [5.41, 5.74) is 11.7. The molecule has 3 rings (SSSR count). The van der Waals surface area contributed by atoms with E-state index in [4.69, 9.17) is 21.6 Å². The average Bonchev–Trinajstić information content (AvgIpc) is 2.68. The van der Waals surface area contributed by atoms with Gasteiger partial charge < -0.3 is 16.2 Å². The number of nitrogen functional groups attached to an aromatic ring is 1. The van der Waals surface area contributed by atoms with Crippen LogP contribution in [0.4, 0.5) is 5.69 Å². The summed E-state index contributed by atoms with van der Waals surface area (Å²) in [6.07, 6.45) is 0.672. The van der Waals surface area contributed by atoms with Crippen LogP contribution < -0.4 is 16.2 Å². The van der Waals surface area contributed by atoms with Gasteiger partial charge in [-0.3, -0.25) is 5.41 Å². The standard InChI is InChI=1S/C20H21N3O3S/c21-11-4-12-26-15-9-10-18(22)17(13-15)20(23)27(24,25)19-8-3-6-14-5-1-2-7-16(14)19/h1-3,5-10,13,23H,4,11-12,21-22H2. The van der Waals surface area contributed by atoms with Crippen LogP contribution in [0.5, 0.6) is 5.75 Å². The Hall–Kier alpha value is -2.90. The highest BCUT2D eigenvalue weighted by molar-refractivity contribution is 8.07. The largest absolute Gasteiger partial charge is 0.494 e. The Balaban J connectivity index is 2.02. The Morgan fingerprint density at radius 3 is 2.56 bits per heavy atom. The minimum atomic E-state index is -4.06. The molecule has 27 heavy (non-hydrogen) atoms. The van der Waals surface area contributed by atoms with E-state index in [0.717, 1.165) is 5.39 Å². The summed E-state index contributed by atoms with van der Waals surface area (Å²) in [6.45, 7) is 0.899. The molecule has 3 aromatic rings. The summed E-state index contributed by atoms with van der Waals surface area (Å²) < 4.78 is 31.8. The first-order valence-electron chi connectivity index (χ1n) is 8.49. The molecule has 0 aromatic heterocycles. The van der Waals surface area contributed by atoms with Crippen molar-refractivity contribution in [3.63, 3.8) is 0 Å². The average molecular weight is 383 g/mol. The van der Waals surface area contributed by atoms with Crippen LogP contribution in [-0.4, -0.2) is 26.6 Å². The fraction of sp³-hybridized carbons (Fsp3) is 0.150. The fourth-order valence-electron chi connectivity index (χ4n) is 2.78. The van der Waals surface area contributed by atoms with Crippen LogP contribution in [0, 0.1) is 5.41 Å². The minimum absolute atomic E-state index is 0.0828. The van der Waals surface area contributed by atoms with Gasteiger partial charge >= 0.3 is 0 Å². The van der Waals surface area contributed by atoms with Gasteiger partial charge in [0.25, 0.3) is 0 Å². The molecule has 0 radical (unpaired) electrons. The van der Waals surface area contributed by atoms with E-state index in [1.807, 2.05) is 18.2 Å². The lowest BCUT2D eigenvalue weighted by molar-refractivity contribution is 0.313. The molecule has 0 unspecified atom stereocenters. The third-order valence-electron chi connectivity index (χ3n) is 4.19. The van der Waals surface area contributed by atoms with Crippen LogP contribution in [0.25, 0.3) is 10.8 Å². The molecule has 0 atom stereocenters. The second-order valence-electron chi connectivity index (χ2n) is 6.05. The number of hydrogen-bond donors (Lipinski definition) is 3. The van der Waals surface area contributed by atoms with Crippen molar-refractivity contribution < 1.29 is 13.2 Å². The Morgan fingerprint density at radius 2 is 1.78 bits per heavy atom. The van der Waals surface area contributed by atoms with Crippen LogP contribution in [-0.2, 0) is 9.84 Å². The molecule has 0 aliphatic carbocycles. The second kappa shape index (κ2) is 7.77. The van der Waals surface area contributed by atoms with Gasteiger partial charge in [0, 0.05) is 16.6 Å². The smallest absolute Gasteiger partial charge is 0.224 e. The number of ether oxygens (including phenoxy) is 1. The number of sulfone groups is 1. The number of hydrogen-bond acceptors (Lipinski definition) is 6. The van der Waals surface area contributed by atoms with Gasteiger partial charge in [0.2, 0.25) is 9.84 Å². The number of rotatable bonds is 6. The number of nitrogens with two attached hydrogens (primary N) is 2. The first-order chi connectivity index (χ1) is 12.9. The fourth-order valence-corrected chi connectivity index (χ4v) is 4.20. The van der Waals surface area contributed by atoms with E-state index in [2.05, 4.69) is 0 Å². The van der Waals surface area contributed by atoms with Gasteiger partial charge in [0.15, 0.2) is 5.04 Å². The van der Waals surface area contributed by atoms with E-state index in [-0.39, 0.29) is 16.1 Å². The van der Waals surface area contributed by atoms with E-state index in [1.54, 1.807) is 30.3 Å².